The summed E-state index contributed by atoms with van der Waals surface area (Å²) in [6, 6.07) is 1.83. The van der Waals surface area contributed by atoms with E-state index in [1.807, 2.05) is 6.92 Å². The van der Waals surface area contributed by atoms with Gasteiger partial charge in [0.05, 0.1) is 0 Å². The predicted octanol–water partition coefficient (Wildman–Crippen LogP) is 0.654. The monoisotopic (exact) mass is 251 g/mol. The van der Waals surface area contributed by atoms with Crippen LogP contribution in [-0.2, 0) is 4.79 Å². The molecule has 1 amide bonds. The maximum Gasteiger partial charge on any atom is 0.316 e. The summed E-state index contributed by atoms with van der Waals surface area (Å²) < 4.78 is 5.07. The number of aryl methyl sites for hydroxylation is 1. The van der Waals surface area contributed by atoms with E-state index >= 15 is 0 Å². The predicted molar refractivity (Wildman–Crippen MR) is 60.8 cm³/mol. The third-order valence-corrected chi connectivity index (χ3v) is 2.40. The number of hydrogen-bond donors (Lipinski definition) is 1. The van der Waals surface area contributed by atoms with Gasteiger partial charge in [-0.2, -0.15) is 0 Å². The molecule has 0 spiro atoms. The molecule has 0 aliphatic carbocycles. The molecule has 8 heteroatoms. The zero-order chi connectivity index (χ0) is 12.1. The molecule has 2 rings (SSSR count). The van der Waals surface area contributed by atoms with Crippen molar-refractivity contribution < 1.29 is 9.53 Å². The Morgan fingerprint density at radius 3 is 2.82 bits per heavy atom. The molecule has 0 radical (unpaired) electrons. The number of nitrogens with one attached hydrogen (secondary N) is 1. The highest BCUT2D eigenvalue weighted by molar-refractivity contribution is 7.15. The molecule has 0 aliphatic rings. The summed E-state index contributed by atoms with van der Waals surface area (Å²) in [6.07, 6.45) is 3.07. The third kappa shape index (κ3) is 3.45. The van der Waals surface area contributed by atoms with E-state index in [2.05, 4.69) is 25.5 Å². The normalized spacial score (nSPS) is 9.94. The zero-order valence-electron chi connectivity index (χ0n) is 8.95. The molecule has 88 valence electrons. The Hall–Kier alpha value is -2.09. The number of nitrogens with zero attached hydrogens (tertiary/aromatic N) is 4. The first-order valence-electron chi connectivity index (χ1n) is 4.74. The molecule has 2 aromatic heterocycles. The van der Waals surface area contributed by atoms with E-state index in [0.29, 0.717) is 5.13 Å². The first-order valence-corrected chi connectivity index (χ1v) is 5.55. The van der Waals surface area contributed by atoms with E-state index in [-0.39, 0.29) is 18.5 Å². The number of amides is 1. The van der Waals surface area contributed by atoms with Crippen molar-refractivity contribution in [2.24, 2.45) is 0 Å². The van der Waals surface area contributed by atoms with Crippen molar-refractivity contribution in [2.75, 3.05) is 11.9 Å². The molecule has 1 N–H and O–H groups in total. The van der Waals surface area contributed by atoms with Crippen LogP contribution in [0.25, 0.3) is 0 Å². The molecular weight excluding hydrogens is 242 g/mol. The number of ether oxygens (including phenoxy) is 1. The summed E-state index contributed by atoms with van der Waals surface area (Å²) in [6.45, 7) is 1.64. The number of anilines is 1. The van der Waals surface area contributed by atoms with Crippen LogP contribution in [0.3, 0.4) is 0 Å². The lowest BCUT2D eigenvalue weighted by molar-refractivity contribution is -0.118. The Balaban J connectivity index is 1.82. The highest BCUT2D eigenvalue weighted by atomic mass is 32.1. The molecule has 0 saturated heterocycles. The quantitative estimate of drug-likeness (QED) is 0.858. The van der Waals surface area contributed by atoms with Crippen LogP contribution in [0.4, 0.5) is 5.13 Å². The van der Waals surface area contributed by atoms with Gasteiger partial charge < -0.3 is 4.74 Å². The van der Waals surface area contributed by atoms with Crippen LogP contribution in [0.5, 0.6) is 6.01 Å². The van der Waals surface area contributed by atoms with Gasteiger partial charge >= 0.3 is 6.01 Å². The van der Waals surface area contributed by atoms with Gasteiger partial charge in [0, 0.05) is 12.4 Å². The molecule has 0 saturated carbocycles. The second-order valence-electron chi connectivity index (χ2n) is 2.99. The van der Waals surface area contributed by atoms with Crippen LogP contribution in [0.15, 0.2) is 18.5 Å². The van der Waals surface area contributed by atoms with Gasteiger partial charge in [-0.3, -0.25) is 10.1 Å². The maximum atomic E-state index is 11.4. The molecule has 0 fully saturated rings. The van der Waals surface area contributed by atoms with Crippen LogP contribution in [0, 0.1) is 6.92 Å². The number of carbonyl (C=O) groups excluding carboxylic acids is 1. The second-order valence-corrected chi connectivity index (χ2v) is 4.18. The van der Waals surface area contributed by atoms with Gasteiger partial charge in [-0.1, -0.05) is 11.3 Å². The summed E-state index contributed by atoms with van der Waals surface area (Å²) >= 11 is 1.30. The molecule has 0 aliphatic heterocycles. The first kappa shape index (κ1) is 11.4. The minimum absolute atomic E-state index is 0.163. The van der Waals surface area contributed by atoms with Gasteiger partial charge in [0.1, 0.15) is 5.01 Å². The minimum atomic E-state index is -0.325. The Morgan fingerprint density at radius 1 is 1.41 bits per heavy atom. The van der Waals surface area contributed by atoms with Gasteiger partial charge in [0.2, 0.25) is 5.13 Å². The van der Waals surface area contributed by atoms with Crippen LogP contribution < -0.4 is 10.1 Å². The lowest BCUT2D eigenvalue weighted by Gasteiger charge is -2.02. The number of carbonyl (C=O) groups is 1. The Morgan fingerprint density at radius 2 is 2.18 bits per heavy atom. The largest absolute Gasteiger partial charge is 0.453 e. The Bertz CT molecular complexity index is 501. The van der Waals surface area contributed by atoms with Crippen molar-refractivity contribution in [1.29, 1.82) is 0 Å². The van der Waals surface area contributed by atoms with Gasteiger partial charge in [-0.25, -0.2) is 9.97 Å². The summed E-state index contributed by atoms with van der Waals surface area (Å²) in [7, 11) is 0. The minimum Gasteiger partial charge on any atom is -0.453 e. The lowest BCUT2D eigenvalue weighted by atomic mass is 10.6. The fraction of sp³-hybridized carbons (Fsp3) is 0.222. The molecule has 0 atom stereocenters. The van der Waals surface area contributed by atoms with Crippen LogP contribution in [0.2, 0.25) is 0 Å². The SMILES string of the molecule is Cc1nnc(NC(=O)COc2ncccn2)s1. The summed E-state index contributed by atoms with van der Waals surface area (Å²) in [5, 5.41) is 11.3. The van der Waals surface area contributed by atoms with Crippen molar-refractivity contribution in [3.8, 4) is 6.01 Å². The third-order valence-electron chi connectivity index (χ3n) is 1.65. The number of hydrogen-bond acceptors (Lipinski definition) is 7. The van der Waals surface area contributed by atoms with E-state index in [1.165, 1.54) is 23.7 Å². The smallest absolute Gasteiger partial charge is 0.316 e. The fourth-order valence-corrected chi connectivity index (χ4v) is 1.60. The van der Waals surface area contributed by atoms with Crippen molar-refractivity contribution in [2.45, 2.75) is 6.92 Å². The molecular formula is C9H9N5O2S. The van der Waals surface area contributed by atoms with Gasteiger partial charge in [-0.05, 0) is 13.0 Å². The number of aromatic nitrogens is 4. The van der Waals surface area contributed by atoms with E-state index in [0.717, 1.165) is 5.01 Å². The van der Waals surface area contributed by atoms with E-state index < -0.39 is 0 Å². The second kappa shape index (κ2) is 5.30. The van der Waals surface area contributed by atoms with Gasteiger partial charge in [0.25, 0.3) is 5.91 Å². The maximum absolute atomic E-state index is 11.4. The molecule has 0 unspecified atom stereocenters. The summed E-state index contributed by atoms with van der Waals surface area (Å²) in [4.78, 5) is 19.1. The van der Waals surface area contributed by atoms with Crippen LogP contribution >= 0.6 is 11.3 Å². The summed E-state index contributed by atoms with van der Waals surface area (Å²) in [5.41, 5.74) is 0. The fourth-order valence-electron chi connectivity index (χ4n) is 0.992. The lowest BCUT2D eigenvalue weighted by Crippen LogP contribution is -2.20. The highest BCUT2D eigenvalue weighted by Crippen LogP contribution is 2.13. The van der Waals surface area contributed by atoms with E-state index in [4.69, 9.17) is 4.74 Å². The molecule has 2 aromatic rings. The zero-order valence-corrected chi connectivity index (χ0v) is 9.77. The first-order chi connectivity index (χ1) is 8.24. The molecule has 0 bridgehead atoms. The van der Waals surface area contributed by atoms with E-state index in [9.17, 15) is 4.79 Å². The Kier molecular flexibility index (Phi) is 3.55. The molecule has 2 heterocycles. The van der Waals surface area contributed by atoms with Gasteiger partial charge in [0.15, 0.2) is 6.61 Å². The highest BCUT2D eigenvalue weighted by Gasteiger charge is 2.07. The van der Waals surface area contributed by atoms with Crippen LogP contribution in [-0.4, -0.2) is 32.7 Å². The van der Waals surface area contributed by atoms with Crippen molar-refractivity contribution in [3.63, 3.8) is 0 Å². The topological polar surface area (TPSA) is 89.9 Å². The average Bonchev–Trinajstić information content (AvgIpc) is 2.73. The van der Waals surface area contributed by atoms with Gasteiger partial charge in [-0.15, -0.1) is 10.2 Å². The Labute approximate surface area is 101 Å². The molecule has 0 aromatic carbocycles. The standard InChI is InChI=1S/C9H9N5O2S/c1-6-13-14-9(17-6)12-7(15)5-16-8-10-3-2-4-11-8/h2-4H,5H2,1H3,(H,12,14,15). The average molecular weight is 251 g/mol. The van der Waals surface area contributed by atoms with E-state index in [1.54, 1.807) is 6.07 Å². The van der Waals surface area contributed by atoms with Crippen molar-refractivity contribution >= 4 is 22.4 Å². The summed E-state index contributed by atoms with van der Waals surface area (Å²) in [5.74, 6) is -0.325. The van der Waals surface area contributed by atoms with Crippen LogP contribution in [0.1, 0.15) is 5.01 Å². The number of rotatable bonds is 4. The van der Waals surface area contributed by atoms with Crippen molar-refractivity contribution in [1.82, 2.24) is 20.2 Å². The molecule has 7 nitrogen and oxygen atoms in total. The molecule has 17 heavy (non-hydrogen) atoms. The van der Waals surface area contributed by atoms with Crippen molar-refractivity contribution in [3.05, 3.63) is 23.5 Å².